The first-order valence-corrected chi connectivity index (χ1v) is 6.63. The van der Waals surface area contributed by atoms with E-state index in [-0.39, 0.29) is 5.69 Å². The summed E-state index contributed by atoms with van der Waals surface area (Å²) in [5.41, 5.74) is 0.289. The standard InChI is InChI=1S/C14H17FN4O2/c1-10(2)17-8-14-16-3-4-18(14)9-11-5-12(15)7-13(6-11)19(20)21/h3-7,10,17H,8-9H2,1-2H3. The van der Waals surface area contributed by atoms with Crippen molar-refractivity contribution in [2.75, 3.05) is 0 Å². The highest BCUT2D eigenvalue weighted by molar-refractivity contribution is 5.35. The Morgan fingerprint density at radius 2 is 2.19 bits per heavy atom. The van der Waals surface area contributed by atoms with E-state index >= 15 is 0 Å². The Kier molecular flexibility index (Phi) is 4.64. The maximum Gasteiger partial charge on any atom is 0.272 e. The van der Waals surface area contributed by atoms with Crippen molar-refractivity contribution in [1.82, 2.24) is 14.9 Å². The first-order chi connectivity index (χ1) is 9.95. The van der Waals surface area contributed by atoms with Crippen molar-refractivity contribution in [1.29, 1.82) is 0 Å². The zero-order chi connectivity index (χ0) is 15.4. The third-order valence-corrected chi connectivity index (χ3v) is 2.98. The van der Waals surface area contributed by atoms with Gasteiger partial charge in [-0.1, -0.05) is 13.8 Å². The van der Waals surface area contributed by atoms with Gasteiger partial charge in [-0.05, 0) is 11.6 Å². The molecule has 0 aliphatic carbocycles. The maximum atomic E-state index is 13.4. The van der Waals surface area contributed by atoms with Crippen molar-refractivity contribution < 1.29 is 9.31 Å². The number of nitrogens with one attached hydrogen (secondary N) is 1. The molecule has 6 nitrogen and oxygen atoms in total. The summed E-state index contributed by atoms with van der Waals surface area (Å²) in [6.07, 6.45) is 3.43. The molecule has 7 heteroatoms. The Morgan fingerprint density at radius 1 is 1.43 bits per heavy atom. The fourth-order valence-corrected chi connectivity index (χ4v) is 1.97. The Bertz CT molecular complexity index is 640. The van der Waals surface area contributed by atoms with E-state index in [0.29, 0.717) is 24.7 Å². The molecule has 0 radical (unpaired) electrons. The second-order valence-electron chi connectivity index (χ2n) is 5.08. The molecular weight excluding hydrogens is 275 g/mol. The molecule has 0 bridgehead atoms. The quantitative estimate of drug-likeness (QED) is 0.655. The monoisotopic (exact) mass is 292 g/mol. The summed E-state index contributed by atoms with van der Waals surface area (Å²) in [6.45, 7) is 4.99. The average Bonchev–Trinajstić information content (AvgIpc) is 2.83. The van der Waals surface area contributed by atoms with Crippen molar-refractivity contribution in [2.45, 2.75) is 33.0 Å². The molecule has 0 fully saturated rings. The minimum absolute atomic E-state index is 0.244. The highest BCUT2D eigenvalue weighted by Crippen LogP contribution is 2.17. The molecule has 1 aromatic heterocycles. The van der Waals surface area contributed by atoms with Gasteiger partial charge in [0.1, 0.15) is 11.6 Å². The topological polar surface area (TPSA) is 73.0 Å². The molecule has 2 aromatic rings. The lowest BCUT2D eigenvalue weighted by atomic mass is 10.2. The average molecular weight is 292 g/mol. The van der Waals surface area contributed by atoms with Gasteiger partial charge >= 0.3 is 0 Å². The SMILES string of the molecule is CC(C)NCc1nccn1Cc1cc(F)cc([N+](=O)[O-])c1. The number of nitro benzene ring substituents is 1. The van der Waals surface area contributed by atoms with Gasteiger partial charge < -0.3 is 9.88 Å². The molecule has 1 N–H and O–H groups in total. The van der Waals surface area contributed by atoms with Crippen LogP contribution in [0.4, 0.5) is 10.1 Å². The van der Waals surface area contributed by atoms with E-state index < -0.39 is 10.7 Å². The third kappa shape index (κ3) is 4.09. The first kappa shape index (κ1) is 15.1. The van der Waals surface area contributed by atoms with Gasteiger partial charge in [0.05, 0.1) is 17.5 Å². The number of nitro groups is 1. The Hall–Kier alpha value is -2.28. The van der Waals surface area contributed by atoms with Gasteiger partial charge in [0.25, 0.3) is 5.69 Å². The molecule has 0 amide bonds. The summed E-state index contributed by atoms with van der Waals surface area (Å²) in [4.78, 5) is 14.4. The minimum Gasteiger partial charge on any atom is -0.329 e. The van der Waals surface area contributed by atoms with Crippen molar-refractivity contribution in [3.8, 4) is 0 Å². The Morgan fingerprint density at radius 3 is 2.86 bits per heavy atom. The van der Waals surface area contributed by atoms with E-state index in [1.165, 1.54) is 12.1 Å². The summed E-state index contributed by atoms with van der Waals surface area (Å²) < 4.78 is 15.3. The predicted octanol–water partition coefficient (Wildman–Crippen LogP) is 2.48. The predicted molar refractivity (Wildman–Crippen MR) is 76.4 cm³/mol. The van der Waals surface area contributed by atoms with Gasteiger partial charge in [-0.3, -0.25) is 10.1 Å². The molecule has 112 valence electrons. The zero-order valence-electron chi connectivity index (χ0n) is 11.9. The number of aromatic nitrogens is 2. The van der Waals surface area contributed by atoms with Crippen molar-refractivity contribution in [3.05, 3.63) is 57.9 Å². The Labute approximate surface area is 121 Å². The van der Waals surface area contributed by atoms with Crippen LogP contribution in [-0.2, 0) is 13.1 Å². The fraction of sp³-hybridized carbons (Fsp3) is 0.357. The van der Waals surface area contributed by atoms with Crippen LogP contribution in [0.15, 0.2) is 30.6 Å². The number of imidazole rings is 1. The summed E-state index contributed by atoms with van der Waals surface area (Å²) in [5, 5.41) is 14.0. The molecule has 0 aliphatic heterocycles. The Balaban J connectivity index is 2.19. The molecule has 21 heavy (non-hydrogen) atoms. The number of benzene rings is 1. The van der Waals surface area contributed by atoms with Crippen LogP contribution in [0.5, 0.6) is 0 Å². The van der Waals surface area contributed by atoms with E-state index in [1.807, 2.05) is 18.4 Å². The molecule has 1 heterocycles. The summed E-state index contributed by atoms with van der Waals surface area (Å²) in [5.74, 6) is 0.191. The van der Waals surface area contributed by atoms with Crippen LogP contribution in [-0.4, -0.2) is 20.5 Å². The van der Waals surface area contributed by atoms with Crippen LogP contribution in [0.25, 0.3) is 0 Å². The van der Waals surface area contributed by atoms with Gasteiger partial charge in [0.15, 0.2) is 0 Å². The first-order valence-electron chi connectivity index (χ1n) is 6.63. The molecule has 2 rings (SSSR count). The van der Waals surface area contributed by atoms with Gasteiger partial charge in [-0.2, -0.15) is 0 Å². The van der Waals surface area contributed by atoms with E-state index in [2.05, 4.69) is 10.3 Å². The van der Waals surface area contributed by atoms with Crippen molar-refractivity contribution in [3.63, 3.8) is 0 Å². The minimum atomic E-state index is -0.610. The van der Waals surface area contributed by atoms with Crippen LogP contribution < -0.4 is 5.32 Å². The normalized spacial score (nSPS) is 11.0. The molecule has 0 saturated carbocycles. The van der Waals surface area contributed by atoms with Crippen molar-refractivity contribution in [2.24, 2.45) is 0 Å². The molecule has 0 aliphatic rings. The molecule has 1 aromatic carbocycles. The second kappa shape index (κ2) is 6.45. The number of hydrogen-bond donors (Lipinski definition) is 1. The van der Waals surface area contributed by atoms with Gasteiger partial charge in [-0.15, -0.1) is 0 Å². The summed E-state index contributed by atoms with van der Waals surface area (Å²) >= 11 is 0. The number of halogens is 1. The smallest absolute Gasteiger partial charge is 0.272 e. The van der Waals surface area contributed by atoms with E-state index in [9.17, 15) is 14.5 Å². The fourth-order valence-electron chi connectivity index (χ4n) is 1.97. The molecule has 0 unspecified atom stereocenters. The number of non-ortho nitro benzene ring substituents is 1. The summed E-state index contributed by atoms with van der Waals surface area (Å²) in [7, 11) is 0. The molecule has 0 spiro atoms. The van der Waals surface area contributed by atoms with Crippen molar-refractivity contribution >= 4 is 5.69 Å². The molecule has 0 atom stereocenters. The number of hydrogen-bond acceptors (Lipinski definition) is 4. The van der Waals surface area contributed by atoms with Crippen LogP contribution in [0.3, 0.4) is 0 Å². The lowest BCUT2D eigenvalue weighted by Crippen LogP contribution is -2.24. The lowest BCUT2D eigenvalue weighted by molar-refractivity contribution is -0.385. The summed E-state index contributed by atoms with van der Waals surface area (Å²) in [6, 6.07) is 3.92. The second-order valence-corrected chi connectivity index (χ2v) is 5.08. The number of rotatable bonds is 6. The van der Waals surface area contributed by atoms with Crippen LogP contribution >= 0.6 is 0 Å². The van der Waals surface area contributed by atoms with E-state index in [0.717, 1.165) is 11.9 Å². The lowest BCUT2D eigenvalue weighted by Gasteiger charge is -2.11. The van der Waals surface area contributed by atoms with Gasteiger partial charge in [0.2, 0.25) is 0 Å². The number of nitrogens with zero attached hydrogens (tertiary/aromatic N) is 3. The highest BCUT2D eigenvalue weighted by atomic mass is 19.1. The third-order valence-electron chi connectivity index (χ3n) is 2.98. The molecule has 0 saturated heterocycles. The van der Waals surface area contributed by atoms with Crippen LogP contribution in [0.2, 0.25) is 0 Å². The van der Waals surface area contributed by atoms with Crippen LogP contribution in [0.1, 0.15) is 25.2 Å². The van der Waals surface area contributed by atoms with E-state index in [4.69, 9.17) is 0 Å². The zero-order valence-corrected chi connectivity index (χ0v) is 11.9. The largest absolute Gasteiger partial charge is 0.329 e. The van der Waals surface area contributed by atoms with Gasteiger partial charge in [-0.25, -0.2) is 9.37 Å². The highest BCUT2D eigenvalue weighted by Gasteiger charge is 2.11. The van der Waals surface area contributed by atoms with Gasteiger partial charge in [0, 0.05) is 31.0 Å². The van der Waals surface area contributed by atoms with E-state index in [1.54, 1.807) is 12.4 Å². The molecular formula is C14H17FN4O2. The van der Waals surface area contributed by atoms with Crippen LogP contribution in [0, 0.1) is 15.9 Å². The maximum absolute atomic E-state index is 13.4.